The van der Waals surface area contributed by atoms with E-state index in [1.807, 2.05) is 30.0 Å². The Labute approximate surface area is 155 Å². The van der Waals surface area contributed by atoms with Gasteiger partial charge in [-0.25, -0.2) is 0 Å². The lowest BCUT2D eigenvalue weighted by Gasteiger charge is -2.19. The number of anilines is 2. The van der Waals surface area contributed by atoms with Crippen molar-refractivity contribution in [2.75, 3.05) is 16.8 Å². The molecular formula is C16H14Br2N2O2S. The number of nitrogens with zero attached hydrogens (tertiary/aromatic N) is 1. The van der Waals surface area contributed by atoms with Crippen LogP contribution in [0.15, 0.2) is 32.5 Å². The molecule has 120 valence electrons. The van der Waals surface area contributed by atoms with Crippen molar-refractivity contribution in [3.63, 3.8) is 0 Å². The smallest absolute Gasteiger partial charge is 0.265 e. The Morgan fingerprint density at radius 1 is 1.30 bits per heavy atom. The van der Waals surface area contributed by atoms with E-state index in [4.69, 9.17) is 0 Å². The minimum Gasteiger partial charge on any atom is -0.321 e. The molecule has 0 aliphatic carbocycles. The number of hydrogen-bond donors (Lipinski definition) is 1. The second-order valence-corrected chi connectivity index (χ2v) is 8.56. The topological polar surface area (TPSA) is 49.4 Å². The van der Waals surface area contributed by atoms with Crippen molar-refractivity contribution in [2.45, 2.75) is 19.8 Å². The van der Waals surface area contributed by atoms with E-state index in [0.717, 1.165) is 38.2 Å². The zero-order valence-electron chi connectivity index (χ0n) is 12.4. The standard InChI is InChI=1S/C16H14Br2N2O2S/c1-9-7-10(4-5-12(9)20-6-2-3-14(20)21)19-16(22)13-8-11(17)15(18)23-13/h4-5,7-8H,2-3,6H2,1H3,(H,19,22). The van der Waals surface area contributed by atoms with Crippen molar-refractivity contribution in [3.8, 4) is 0 Å². The zero-order valence-corrected chi connectivity index (χ0v) is 16.3. The molecule has 0 radical (unpaired) electrons. The van der Waals surface area contributed by atoms with Crippen molar-refractivity contribution in [2.24, 2.45) is 0 Å². The Kier molecular flexibility index (Phi) is 4.89. The van der Waals surface area contributed by atoms with E-state index in [-0.39, 0.29) is 11.8 Å². The van der Waals surface area contributed by atoms with E-state index in [0.29, 0.717) is 11.3 Å². The fourth-order valence-corrected chi connectivity index (χ4v) is 4.52. The van der Waals surface area contributed by atoms with Crippen molar-refractivity contribution < 1.29 is 9.59 Å². The molecule has 1 aromatic carbocycles. The summed E-state index contributed by atoms with van der Waals surface area (Å²) in [5, 5.41) is 2.89. The molecule has 1 N–H and O–H groups in total. The Bertz CT molecular complexity index is 769. The maximum absolute atomic E-state index is 12.3. The predicted molar refractivity (Wildman–Crippen MR) is 100 cm³/mol. The first-order chi connectivity index (χ1) is 11.0. The average Bonchev–Trinajstić information content (AvgIpc) is 3.06. The predicted octanol–water partition coefficient (Wildman–Crippen LogP) is 4.96. The fourth-order valence-electron chi connectivity index (χ4n) is 2.59. The lowest BCUT2D eigenvalue weighted by molar-refractivity contribution is -0.117. The fraction of sp³-hybridized carbons (Fsp3) is 0.250. The van der Waals surface area contributed by atoms with Gasteiger partial charge >= 0.3 is 0 Å². The second kappa shape index (κ2) is 6.75. The van der Waals surface area contributed by atoms with Crippen LogP contribution in [0, 0.1) is 6.92 Å². The maximum Gasteiger partial charge on any atom is 0.265 e. The molecular weight excluding hydrogens is 444 g/mol. The summed E-state index contributed by atoms with van der Waals surface area (Å²) in [4.78, 5) is 26.6. The molecule has 0 bridgehead atoms. The van der Waals surface area contributed by atoms with Gasteiger partial charge in [-0.05, 0) is 75.0 Å². The Morgan fingerprint density at radius 3 is 2.65 bits per heavy atom. The Hall–Kier alpha value is -1.18. The second-order valence-electron chi connectivity index (χ2n) is 5.34. The van der Waals surface area contributed by atoms with E-state index in [1.165, 1.54) is 11.3 Å². The Morgan fingerprint density at radius 2 is 2.09 bits per heavy atom. The minimum atomic E-state index is -0.147. The molecule has 0 spiro atoms. The average molecular weight is 458 g/mol. The molecule has 1 aliphatic heterocycles. The molecule has 1 fully saturated rings. The first-order valence-corrected chi connectivity index (χ1v) is 9.53. The van der Waals surface area contributed by atoms with Crippen LogP contribution in [-0.4, -0.2) is 18.4 Å². The third-order valence-electron chi connectivity index (χ3n) is 3.69. The van der Waals surface area contributed by atoms with Crippen molar-refractivity contribution in [3.05, 3.63) is 43.0 Å². The number of nitrogens with one attached hydrogen (secondary N) is 1. The molecule has 7 heteroatoms. The molecule has 23 heavy (non-hydrogen) atoms. The van der Waals surface area contributed by atoms with Gasteiger partial charge in [0.05, 0.1) is 8.66 Å². The van der Waals surface area contributed by atoms with Gasteiger partial charge in [-0.15, -0.1) is 11.3 Å². The molecule has 1 aliphatic rings. The third-order valence-corrected chi connectivity index (χ3v) is 6.94. The van der Waals surface area contributed by atoms with Gasteiger partial charge in [0.2, 0.25) is 5.91 Å². The molecule has 0 saturated carbocycles. The van der Waals surface area contributed by atoms with E-state index in [2.05, 4.69) is 37.2 Å². The molecule has 0 atom stereocenters. The summed E-state index contributed by atoms with van der Waals surface area (Å²) in [5.41, 5.74) is 2.63. The highest BCUT2D eigenvalue weighted by atomic mass is 79.9. The van der Waals surface area contributed by atoms with Crippen LogP contribution in [0.4, 0.5) is 11.4 Å². The maximum atomic E-state index is 12.3. The van der Waals surface area contributed by atoms with Crippen LogP contribution in [0.2, 0.25) is 0 Å². The van der Waals surface area contributed by atoms with Crippen LogP contribution in [0.3, 0.4) is 0 Å². The molecule has 1 aromatic heterocycles. The van der Waals surface area contributed by atoms with Crippen LogP contribution < -0.4 is 10.2 Å². The highest BCUT2D eigenvalue weighted by molar-refractivity contribution is 9.13. The van der Waals surface area contributed by atoms with Gasteiger partial charge < -0.3 is 10.2 Å². The van der Waals surface area contributed by atoms with E-state index >= 15 is 0 Å². The van der Waals surface area contributed by atoms with Gasteiger partial charge in [-0.3, -0.25) is 9.59 Å². The van der Waals surface area contributed by atoms with Crippen LogP contribution in [-0.2, 0) is 4.79 Å². The number of amides is 2. The van der Waals surface area contributed by atoms with Gasteiger partial charge in [0.15, 0.2) is 0 Å². The number of hydrogen-bond acceptors (Lipinski definition) is 3. The first kappa shape index (κ1) is 16.7. The summed E-state index contributed by atoms with van der Waals surface area (Å²) in [6.07, 6.45) is 1.51. The Balaban J connectivity index is 1.77. The molecule has 4 nitrogen and oxygen atoms in total. The van der Waals surface area contributed by atoms with Gasteiger partial charge in [-0.1, -0.05) is 0 Å². The zero-order chi connectivity index (χ0) is 16.6. The van der Waals surface area contributed by atoms with Gasteiger partial charge in [0.1, 0.15) is 0 Å². The summed E-state index contributed by atoms with van der Waals surface area (Å²) in [6.45, 7) is 2.72. The third kappa shape index (κ3) is 3.51. The van der Waals surface area contributed by atoms with Crippen LogP contribution >= 0.6 is 43.2 Å². The highest BCUT2D eigenvalue weighted by Crippen LogP contribution is 2.33. The first-order valence-electron chi connectivity index (χ1n) is 7.13. The monoisotopic (exact) mass is 456 g/mol. The number of benzene rings is 1. The molecule has 3 rings (SSSR count). The number of thiophene rings is 1. The molecule has 2 heterocycles. The number of rotatable bonds is 3. The summed E-state index contributed by atoms with van der Waals surface area (Å²) in [7, 11) is 0. The summed E-state index contributed by atoms with van der Waals surface area (Å²) < 4.78 is 1.76. The molecule has 2 aromatic rings. The number of halogens is 2. The lowest BCUT2D eigenvalue weighted by atomic mass is 10.1. The lowest BCUT2D eigenvalue weighted by Crippen LogP contribution is -2.24. The number of carbonyl (C=O) groups is 2. The van der Waals surface area contributed by atoms with Crippen molar-refractivity contribution in [1.29, 1.82) is 0 Å². The van der Waals surface area contributed by atoms with Gasteiger partial charge in [0.25, 0.3) is 5.91 Å². The SMILES string of the molecule is Cc1cc(NC(=O)c2cc(Br)c(Br)s2)ccc1N1CCCC1=O. The van der Waals surface area contributed by atoms with E-state index < -0.39 is 0 Å². The summed E-state index contributed by atoms with van der Waals surface area (Å²) in [6, 6.07) is 7.42. The number of carbonyl (C=O) groups excluding carboxylic acids is 2. The van der Waals surface area contributed by atoms with Crippen LogP contribution in [0.5, 0.6) is 0 Å². The normalized spacial score (nSPS) is 14.4. The van der Waals surface area contributed by atoms with Crippen LogP contribution in [0.25, 0.3) is 0 Å². The molecule has 1 saturated heterocycles. The number of aryl methyl sites for hydroxylation is 1. The van der Waals surface area contributed by atoms with Crippen molar-refractivity contribution in [1.82, 2.24) is 0 Å². The van der Waals surface area contributed by atoms with Gasteiger partial charge in [-0.2, -0.15) is 0 Å². The quantitative estimate of drug-likeness (QED) is 0.707. The van der Waals surface area contributed by atoms with Gasteiger partial charge in [0, 0.05) is 28.8 Å². The van der Waals surface area contributed by atoms with Crippen molar-refractivity contribution >= 4 is 66.4 Å². The minimum absolute atomic E-state index is 0.147. The highest BCUT2D eigenvalue weighted by Gasteiger charge is 2.23. The molecule has 2 amide bonds. The summed E-state index contributed by atoms with van der Waals surface area (Å²) in [5.74, 6) is 0.0176. The molecule has 0 unspecified atom stereocenters. The van der Waals surface area contributed by atoms with E-state index in [1.54, 1.807) is 6.07 Å². The largest absolute Gasteiger partial charge is 0.321 e. The van der Waals surface area contributed by atoms with Crippen LogP contribution in [0.1, 0.15) is 28.1 Å². The van der Waals surface area contributed by atoms with E-state index in [9.17, 15) is 9.59 Å². The summed E-state index contributed by atoms with van der Waals surface area (Å²) >= 11 is 8.14.